The summed E-state index contributed by atoms with van der Waals surface area (Å²) in [6.07, 6.45) is 5.77. The number of rotatable bonds is 3. The van der Waals surface area contributed by atoms with Crippen molar-refractivity contribution in [3.05, 3.63) is 46.9 Å². The molecule has 0 saturated heterocycles. The van der Waals surface area contributed by atoms with Gasteiger partial charge < -0.3 is 10.1 Å². The Balaban J connectivity index is 2.06. The molecule has 1 aliphatic rings. The van der Waals surface area contributed by atoms with E-state index in [0.29, 0.717) is 23.4 Å². The van der Waals surface area contributed by atoms with Gasteiger partial charge in [-0.05, 0) is 36.6 Å². The van der Waals surface area contributed by atoms with Crippen LogP contribution in [0, 0.1) is 5.92 Å². The quantitative estimate of drug-likeness (QED) is 0.905. The van der Waals surface area contributed by atoms with E-state index in [0.717, 1.165) is 0 Å². The lowest BCUT2D eigenvalue weighted by molar-refractivity contribution is 0.0697. The molecule has 6 nitrogen and oxygen atoms in total. The third-order valence-corrected chi connectivity index (χ3v) is 5.18. The summed E-state index contributed by atoms with van der Waals surface area (Å²) in [6.45, 7) is 2.00. The van der Waals surface area contributed by atoms with Crippen molar-refractivity contribution in [2.75, 3.05) is 0 Å². The highest BCUT2D eigenvalue weighted by Crippen LogP contribution is 2.26. The zero-order valence-electron chi connectivity index (χ0n) is 11.8. The number of benzene rings is 1. The fourth-order valence-corrected chi connectivity index (χ4v) is 3.52. The van der Waals surface area contributed by atoms with E-state index in [2.05, 4.69) is 9.97 Å². The molecule has 1 atom stereocenters. The summed E-state index contributed by atoms with van der Waals surface area (Å²) in [6, 6.07) is 4.25. The van der Waals surface area contributed by atoms with Crippen LogP contribution in [-0.2, 0) is 9.84 Å². The number of carboxylic acid groups (broad SMARTS) is 1. The van der Waals surface area contributed by atoms with Crippen LogP contribution in [0.2, 0.25) is 0 Å². The number of hydrogen-bond donors (Lipinski definition) is 2. The molecule has 0 aliphatic heterocycles. The Morgan fingerprint density at radius 2 is 2.18 bits per heavy atom. The third kappa shape index (κ3) is 2.43. The zero-order chi connectivity index (χ0) is 15.9. The van der Waals surface area contributed by atoms with E-state index < -0.39 is 15.8 Å². The summed E-state index contributed by atoms with van der Waals surface area (Å²) in [4.78, 5) is 17.9. The molecule has 2 N–H and O–H groups in total. The summed E-state index contributed by atoms with van der Waals surface area (Å²) in [7, 11) is -3.72. The van der Waals surface area contributed by atoms with Gasteiger partial charge in [-0.2, -0.15) is 0 Å². The van der Waals surface area contributed by atoms with Crippen molar-refractivity contribution in [3.8, 4) is 0 Å². The van der Waals surface area contributed by atoms with E-state index in [-0.39, 0.29) is 15.6 Å². The molecular formula is C15H14N2O4S. The lowest BCUT2D eigenvalue weighted by Gasteiger charge is -2.10. The molecule has 22 heavy (non-hydrogen) atoms. The highest BCUT2D eigenvalue weighted by atomic mass is 32.2. The second-order valence-corrected chi connectivity index (χ2v) is 7.13. The Morgan fingerprint density at radius 1 is 1.41 bits per heavy atom. The predicted molar refractivity (Wildman–Crippen MR) is 81.2 cm³/mol. The van der Waals surface area contributed by atoms with Crippen LogP contribution < -0.4 is 0 Å². The second-order valence-electron chi connectivity index (χ2n) is 5.26. The summed E-state index contributed by atoms with van der Waals surface area (Å²) in [5, 5.41) is 8.80. The van der Waals surface area contributed by atoms with Gasteiger partial charge in [0.25, 0.3) is 0 Å². The molecular weight excluding hydrogens is 304 g/mol. The van der Waals surface area contributed by atoms with Crippen molar-refractivity contribution in [3.63, 3.8) is 0 Å². The molecule has 1 heterocycles. The molecule has 0 saturated carbocycles. The van der Waals surface area contributed by atoms with E-state index in [9.17, 15) is 13.2 Å². The minimum atomic E-state index is -3.72. The first-order valence-corrected chi connectivity index (χ1v) is 8.23. The van der Waals surface area contributed by atoms with Crippen molar-refractivity contribution >= 4 is 26.8 Å². The van der Waals surface area contributed by atoms with Crippen molar-refractivity contribution in [2.45, 2.75) is 18.5 Å². The molecule has 7 heteroatoms. The van der Waals surface area contributed by atoms with Gasteiger partial charge in [0.2, 0.25) is 15.0 Å². The Labute approximate surface area is 127 Å². The van der Waals surface area contributed by atoms with Crippen LogP contribution in [0.25, 0.3) is 11.0 Å². The number of carbonyl (C=O) groups is 1. The van der Waals surface area contributed by atoms with Gasteiger partial charge in [0.1, 0.15) is 0 Å². The van der Waals surface area contributed by atoms with Gasteiger partial charge >= 0.3 is 5.97 Å². The lowest BCUT2D eigenvalue weighted by atomic mass is 10.0. The van der Waals surface area contributed by atoms with Crippen LogP contribution in [-0.4, -0.2) is 29.5 Å². The van der Waals surface area contributed by atoms with E-state index in [4.69, 9.17) is 5.11 Å². The van der Waals surface area contributed by atoms with Gasteiger partial charge in [-0.25, -0.2) is 18.2 Å². The smallest absolute Gasteiger partial charge is 0.335 e. The third-order valence-electron chi connectivity index (χ3n) is 3.55. The van der Waals surface area contributed by atoms with Crippen LogP contribution in [0.5, 0.6) is 0 Å². The highest BCUT2D eigenvalue weighted by molar-refractivity contribution is 7.95. The van der Waals surface area contributed by atoms with Crippen LogP contribution in [0.3, 0.4) is 0 Å². The van der Waals surface area contributed by atoms with E-state index in [1.165, 1.54) is 18.2 Å². The standard InChI is InChI=1S/C15H14N2O4S/c1-9-2-5-11(6-3-9)22(20,21)15-16-12-7-4-10(14(18)19)8-13(12)17-15/h2,4-9H,3H2,1H3,(H,16,17)(H,18,19). The molecule has 3 rings (SSSR count). The summed E-state index contributed by atoms with van der Waals surface area (Å²) in [5.41, 5.74) is 0.871. The molecule has 0 radical (unpaired) electrons. The Kier molecular flexibility index (Phi) is 3.37. The van der Waals surface area contributed by atoms with Crippen molar-refractivity contribution in [1.29, 1.82) is 0 Å². The van der Waals surface area contributed by atoms with Crippen LogP contribution in [0.1, 0.15) is 23.7 Å². The largest absolute Gasteiger partial charge is 0.478 e. The van der Waals surface area contributed by atoms with Crippen molar-refractivity contribution < 1.29 is 18.3 Å². The lowest BCUT2D eigenvalue weighted by Crippen LogP contribution is -2.08. The average Bonchev–Trinajstić information content (AvgIpc) is 2.91. The van der Waals surface area contributed by atoms with Gasteiger partial charge in [0, 0.05) is 0 Å². The molecule has 1 unspecified atom stereocenters. The van der Waals surface area contributed by atoms with Gasteiger partial charge in [-0.3, -0.25) is 0 Å². The minimum Gasteiger partial charge on any atom is -0.478 e. The van der Waals surface area contributed by atoms with Crippen molar-refractivity contribution in [2.24, 2.45) is 5.92 Å². The summed E-state index contributed by atoms with van der Waals surface area (Å²) < 4.78 is 25.1. The fraction of sp³-hybridized carbons (Fsp3) is 0.200. The summed E-state index contributed by atoms with van der Waals surface area (Å²) in [5.74, 6) is -0.763. The highest BCUT2D eigenvalue weighted by Gasteiger charge is 2.24. The van der Waals surface area contributed by atoms with Gasteiger partial charge in [0.05, 0.1) is 21.5 Å². The van der Waals surface area contributed by atoms with E-state index in [1.54, 1.807) is 12.2 Å². The first-order valence-electron chi connectivity index (χ1n) is 6.74. The monoisotopic (exact) mass is 318 g/mol. The molecule has 0 bridgehead atoms. The van der Waals surface area contributed by atoms with Crippen LogP contribution in [0.15, 0.2) is 46.5 Å². The Hall–Kier alpha value is -2.41. The molecule has 0 fully saturated rings. The first kappa shape index (κ1) is 14.5. The molecule has 0 amide bonds. The maximum Gasteiger partial charge on any atom is 0.335 e. The maximum absolute atomic E-state index is 12.6. The number of fused-ring (bicyclic) bond motifs is 1. The number of sulfone groups is 1. The molecule has 1 aromatic carbocycles. The predicted octanol–water partition coefficient (Wildman–Crippen LogP) is 2.51. The van der Waals surface area contributed by atoms with E-state index in [1.807, 2.05) is 13.0 Å². The Bertz CT molecular complexity index is 922. The topological polar surface area (TPSA) is 100 Å². The SMILES string of the molecule is CC1C=CC(S(=O)(=O)c2nc3ccc(C(=O)O)cc3[nH]2)=CC1. The van der Waals surface area contributed by atoms with Gasteiger partial charge in [-0.1, -0.05) is 19.1 Å². The number of allylic oxidation sites excluding steroid dienone is 3. The fourth-order valence-electron chi connectivity index (χ4n) is 2.27. The second kappa shape index (κ2) is 5.10. The number of aromatic nitrogens is 2. The number of aromatic amines is 1. The normalized spacial score (nSPS) is 18.4. The zero-order valence-corrected chi connectivity index (χ0v) is 12.6. The minimum absolute atomic E-state index is 0.0747. The number of hydrogen-bond acceptors (Lipinski definition) is 4. The molecule has 114 valence electrons. The molecule has 0 spiro atoms. The van der Waals surface area contributed by atoms with Crippen LogP contribution >= 0.6 is 0 Å². The maximum atomic E-state index is 12.6. The van der Waals surface area contributed by atoms with Crippen molar-refractivity contribution in [1.82, 2.24) is 9.97 Å². The van der Waals surface area contributed by atoms with Gasteiger partial charge in [-0.15, -0.1) is 0 Å². The van der Waals surface area contributed by atoms with Crippen LogP contribution in [0.4, 0.5) is 0 Å². The number of nitrogens with one attached hydrogen (secondary N) is 1. The number of imidazole rings is 1. The van der Waals surface area contributed by atoms with Gasteiger partial charge in [0.15, 0.2) is 0 Å². The number of aromatic carboxylic acids is 1. The molecule has 1 aromatic heterocycles. The number of nitrogens with zero attached hydrogens (tertiary/aromatic N) is 1. The van der Waals surface area contributed by atoms with E-state index >= 15 is 0 Å². The summed E-state index contributed by atoms with van der Waals surface area (Å²) >= 11 is 0. The average molecular weight is 318 g/mol. The number of carboxylic acids is 1. The Morgan fingerprint density at radius 3 is 2.82 bits per heavy atom. The molecule has 1 aliphatic carbocycles. The first-order chi connectivity index (χ1) is 10.4. The molecule has 2 aromatic rings. The number of H-pyrrole nitrogens is 1.